The first-order chi connectivity index (χ1) is 13.5. The first-order valence-electron chi connectivity index (χ1n) is 8.18. The summed E-state index contributed by atoms with van der Waals surface area (Å²) in [6, 6.07) is 6.91. The lowest BCUT2D eigenvalue weighted by Crippen LogP contribution is -2.29. The van der Waals surface area contributed by atoms with Crippen LogP contribution in [0.3, 0.4) is 0 Å². The number of benzene rings is 1. The molecule has 0 saturated carbocycles. The number of nitrogens with one attached hydrogen (secondary N) is 1. The maximum Gasteiger partial charge on any atom is 0.270 e. The number of hydrogen-bond donors (Lipinski definition) is 1. The Labute approximate surface area is 162 Å². The Bertz CT molecular complexity index is 814. The summed E-state index contributed by atoms with van der Waals surface area (Å²) in [5.41, 5.74) is 2.29. The SMILES string of the molecule is CNC(=O)C(=NC=O)c1ccccc1CO/N=C(C)/C(=N/OC)C(/C)=N/OC. The van der Waals surface area contributed by atoms with Crippen molar-refractivity contribution in [2.24, 2.45) is 20.5 Å². The molecule has 0 unspecified atom stereocenters. The summed E-state index contributed by atoms with van der Waals surface area (Å²) in [4.78, 5) is 41.4. The molecule has 150 valence electrons. The maximum absolute atomic E-state index is 12.0. The van der Waals surface area contributed by atoms with Crippen molar-refractivity contribution >= 4 is 35.2 Å². The molecule has 10 heteroatoms. The van der Waals surface area contributed by atoms with E-state index in [1.807, 2.05) is 0 Å². The highest BCUT2D eigenvalue weighted by Crippen LogP contribution is 2.12. The van der Waals surface area contributed by atoms with Crippen LogP contribution in [-0.4, -0.2) is 56.4 Å². The summed E-state index contributed by atoms with van der Waals surface area (Å²) < 4.78 is 0. The fraction of sp³-hybridized carbons (Fsp3) is 0.333. The number of carbonyl (C=O) groups is 2. The maximum atomic E-state index is 12.0. The quantitative estimate of drug-likeness (QED) is 0.367. The molecule has 1 rings (SSSR count). The molecular weight excluding hydrogens is 366 g/mol. The summed E-state index contributed by atoms with van der Waals surface area (Å²) in [5.74, 6) is -0.486. The number of nitrogens with zero attached hydrogens (tertiary/aromatic N) is 4. The highest BCUT2D eigenvalue weighted by atomic mass is 16.6. The van der Waals surface area contributed by atoms with Crippen molar-refractivity contribution in [2.75, 3.05) is 21.3 Å². The molecule has 1 aromatic rings. The van der Waals surface area contributed by atoms with E-state index in [4.69, 9.17) is 14.5 Å². The molecule has 0 heterocycles. The number of likely N-dealkylation sites (N-methyl/N-ethyl adjacent to an activating group) is 1. The van der Waals surface area contributed by atoms with Gasteiger partial charge in [0.15, 0.2) is 5.71 Å². The number of aliphatic imine (C=N–C) groups is 1. The molecule has 10 nitrogen and oxygen atoms in total. The molecule has 0 aliphatic heterocycles. The standard InChI is InChI=1S/C18H23N5O5/c1-12(21-26-4)16(23-27-5)13(2)22-28-10-14-8-6-7-9-15(14)17(20-11-24)18(25)19-3/h6-9,11H,10H2,1-5H3,(H,19,25)/b20-17?,21-12+,22-13+,23-16+. The van der Waals surface area contributed by atoms with Gasteiger partial charge in [0.25, 0.3) is 5.91 Å². The lowest BCUT2D eigenvalue weighted by atomic mass is 10.0. The summed E-state index contributed by atoms with van der Waals surface area (Å²) in [6.45, 7) is 3.38. The van der Waals surface area contributed by atoms with Gasteiger partial charge in [-0.2, -0.15) is 0 Å². The van der Waals surface area contributed by atoms with Crippen LogP contribution < -0.4 is 5.32 Å². The fourth-order valence-corrected chi connectivity index (χ4v) is 2.21. The monoisotopic (exact) mass is 389 g/mol. The van der Waals surface area contributed by atoms with E-state index in [9.17, 15) is 9.59 Å². The van der Waals surface area contributed by atoms with Crippen LogP contribution in [-0.2, 0) is 30.7 Å². The van der Waals surface area contributed by atoms with Crippen LogP contribution in [0.5, 0.6) is 0 Å². The Morgan fingerprint density at radius 1 is 1.07 bits per heavy atom. The van der Waals surface area contributed by atoms with E-state index in [0.717, 1.165) is 0 Å². The van der Waals surface area contributed by atoms with Gasteiger partial charge in [-0.1, -0.05) is 39.7 Å². The number of hydrogen-bond acceptors (Lipinski definition) is 8. The molecule has 0 aliphatic carbocycles. The molecule has 0 aliphatic rings. The second-order valence-electron chi connectivity index (χ2n) is 5.25. The van der Waals surface area contributed by atoms with Gasteiger partial charge in [0.05, 0.1) is 0 Å². The summed E-state index contributed by atoms with van der Waals surface area (Å²) in [5, 5.41) is 14.1. The van der Waals surface area contributed by atoms with Gasteiger partial charge in [-0.15, -0.1) is 0 Å². The Morgan fingerprint density at radius 3 is 2.32 bits per heavy atom. The van der Waals surface area contributed by atoms with Crippen LogP contribution in [0.2, 0.25) is 0 Å². The Balaban J connectivity index is 3.08. The first-order valence-corrected chi connectivity index (χ1v) is 8.18. The Hall–Kier alpha value is -3.56. The fourth-order valence-electron chi connectivity index (χ4n) is 2.21. The molecule has 0 saturated heterocycles. The number of oxime groups is 3. The molecular formula is C18H23N5O5. The third-order valence-corrected chi connectivity index (χ3v) is 3.41. The van der Waals surface area contributed by atoms with Crippen LogP contribution in [0.4, 0.5) is 0 Å². The molecule has 0 fully saturated rings. The molecule has 2 amide bonds. The van der Waals surface area contributed by atoms with Crippen molar-refractivity contribution in [3.8, 4) is 0 Å². The van der Waals surface area contributed by atoms with Gasteiger partial charge in [0, 0.05) is 18.2 Å². The lowest BCUT2D eigenvalue weighted by molar-refractivity contribution is -0.114. The highest BCUT2D eigenvalue weighted by Gasteiger charge is 2.16. The van der Waals surface area contributed by atoms with Gasteiger partial charge in [-0.05, 0) is 13.8 Å². The van der Waals surface area contributed by atoms with Crippen molar-refractivity contribution in [1.82, 2.24) is 5.32 Å². The van der Waals surface area contributed by atoms with Gasteiger partial charge in [0.1, 0.15) is 38.0 Å². The van der Waals surface area contributed by atoms with E-state index in [-0.39, 0.29) is 12.3 Å². The van der Waals surface area contributed by atoms with Crippen LogP contribution in [0.1, 0.15) is 25.0 Å². The zero-order valence-electron chi connectivity index (χ0n) is 16.4. The van der Waals surface area contributed by atoms with Crippen LogP contribution in [0, 0.1) is 0 Å². The minimum Gasteiger partial charge on any atom is -0.399 e. The van der Waals surface area contributed by atoms with Crippen molar-refractivity contribution < 1.29 is 24.1 Å². The average Bonchev–Trinajstić information content (AvgIpc) is 2.70. The van der Waals surface area contributed by atoms with E-state index < -0.39 is 5.91 Å². The van der Waals surface area contributed by atoms with E-state index in [1.54, 1.807) is 38.1 Å². The minimum atomic E-state index is -0.486. The largest absolute Gasteiger partial charge is 0.399 e. The third kappa shape index (κ3) is 6.31. The zero-order valence-corrected chi connectivity index (χ0v) is 16.4. The third-order valence-electron chi connectivity index (χ3n) is 3.41. The molecule has 0 atom stereocenters. The second-order valence-corrected chi connectivity index (χ2v) is 5.25. The molecule has 0 radical (unpaired) electrons. The smallest absolute Gasteiger partial charge is 0.270 e. The van der Waals surface area contributed by atoms with Crippen LogP contribution in [0.15, 0.2) is 44.7 Å². The van der Waals surface area contributed by atoms with Gasteiger partial charge in [-0.25, -0.2) is 4.99 Å². The first kappa shape index (κ1) is 22.5. The normalized spacial score (nSPS) is 13.0. The van der Waals surface area contributed by atoms with E-state index in [0.29, 0.717) is 34.7 Å². The lowest BCUT2D eigenvalue weighted by Gasteiger charge is -2.10. The van der Waals surface area contributed by atoms with Crippen LogP contribution in [0.25, 0.3) is 0 Å². The molecule has 0 bridgehead atoms. The van der Waals surface area contributed by atoms with Crippen molar-refractivity contribution in [2.45, 2.75) is 20.5 Å². The predicted molar refractivity (Wildman–Crippen MR) is 106 cm³/mol. The summed E-state index contributed by atoms with van der Waals surface area (Å²) in [6.07, 6.45) is 0.315. The molecule has 28 heavy (non-hydrogen) atoms. The minimum absolute atomic E-state index is 0.0119. The highest BCUT2D eigenvalue weighted by molar-refractivity contribution is 6.67. The van der Waals surface area contributed by atoms with Crippen molar-refractivity contribution in [3.05, 3.63) is 35.4 Å². The summed E-state index contributed by atoms with van der Waals surface area (Å²) in [7, 11) is 4.27. The van der Waals surface area contributed by atoms with Crippen molar-refractivity contribution in [3.63, 3.8) is 0 Å². The zero-order chi connectivity index (χ0) is 20.9. The number of amides is 2. The molecule has 0 aromatic heterocycles. The van der Waals surface area contributed by atoms with Gasteiger partial charge >= 0.3 is 0 Å². The second kappa shape index (κ2) is 11.9. The van der Waals surface area contributed by atoms with E-state index in [1.165, 1.54) is 21.3 Å². The van der Waals surface area contributed by atoms with Crippen molar-refractivity contribution in [1.29, 1.82) is 0 Å². The number of rotatable bonds is 10. The van der Waals surface area contributed by atoms with E-state index >= 15 is 0 Å². The Kier molecular flexibility index (Phi) is 9.59. The van der Waals surface area contributed by atoms with E-state index in [2.05, 4.69) is 25.8 Å². The van der Waals surface area contributed by atoms with Gasteiger partial charge < -0.3 is 19.8 Å². The van der Waals surface area contributed by atoms with Crippen LogP contribution >= 0.6 is 0 Å². The predicted octanol–water partition coefficient (Wildman–Crippen LogP) is 1.30. The summed E-state index contributed by atoms with van der Waals surface area (Å²) >= 11 is 0. The van der Waals surface area contributed by atoms with Gasteiger partial charge in [-0.3, -0.25) is 9.59 Å². The average molecular weight is 389 g/mol. The topological polar surface area (TPSA) is 123 Å². The molecule has 1 aromatic carbocycles. The van der Waals surface area contributed by atoms with Gasteiger partial charge in [0.2, 0.25) is 6.41 Å². The molecule has 1 N–H and O–H groups in total. The Morgan fingerprint density at radius 2 is 1.71 bits per heavy atom. The number of carbonyl (C=O) groups excluding carboxylic acids is 2. The molecule has 0 spiro atoms.